The summed E-state index contributed by atoms with van der Waals surface area (Å²) in [5.74, 6) is 2.01. The predicted octanol–water partition coefficient (Wildman–Crippen LogP) is 3.53. The zero-order valence-corrected chi connectivity index (χ0v) is 13.3. The van der Waals surface area contributed by atoms with Gasteiger partial charge in [-0.15, -0.1) is 0 Å². The van der Waals surface area contributed by atoms with Gasteiger partial charge in [0.25, 0.3) is 0 Å². The number of rotatable bonds is 7. The van der Waals surface area contributed by atoms with Gasteiger partial charge in [-0.2, -0.15) is 0 Å². The monoisotopic (exact) mass is 291 g/mol. The minimum absolute atomic E-state index is 0.339. The van der Waals surface area contributed by atoms with Crippen molar-refractivity contribution in [3.63, 3.8) is 0 Å². The van der Waals surface area contributed by atoms with Gasteiger partial charge in [-0.3, -0.25) is 0 Å². The summed E-state index contributed by atoms with van der Waals surface area (Å²) >= 11 is 0. The molecule has 1 aromatic rings. The fourth-order valence-electron chi connectivity index (χ4n) is 3.42. The zero-order chi connectivity index (χ0) is 15.1. The average molecular weight is 291 g/mol. The van der Waals surface area contributed by atoms with Crippen molar-refractivity contribution in [2.45, 2.75) is 45.1 Å². The predicted molar refractivity (Wildman–Crippen MR) is 86.6 cm³/mol. The molecule has 0 spiro atoms. The van der Waals surface area contributed by atoms with Crippen LogP contribution in [0.4, 0.5) is 0 Å². The van der Waals surface area contributed by atoms with Gasteiger partial charge < -0.3 is 15.2 Å². The molecular weight excluding hydrogens is 262 g/mol. The normalized spacial score (nSPS) is 23.8. The highest BCUT2D eigenvalue weighted by molar-refractivity contribution is 5.29. The van der Waals surface area contributed by atoms with Crippen molar-refractivity contribution >= 4 is 0 Å². The van der Waals surface area contributed by atoms with Crippen molar-refractivity contribution in [2.24, 2.45) is 11.8 Å². The maximum absolute atomic E-state index is 9.52. The molecule has 0 bridgehead atoms. The molecule has 0 radical (unpaired) electrons. The highest BCUT2D eigenvalue weighted by Crippen LogP contribution is 2.30. The first-order valence-corrected chi connectivity index (χ1v) is 8.26. The fraction of sp³-hybridized carbons (Fsp3) is 0.667. The van der Waals surface area contributed by atoms with Gasteiger partial charge in [0, 0.05) is 12.6 Å². The molecule has 1 fully saturated rings. The molecular formula is C18H29NO2. The summed E-state index contributed by atoms with van der Waals surface area (Å²) in [4.78, 5) is 0. The van der Waals surface area contributed by atoms with Gasteiger partial charge in [0.05, 0.1) is 7.11 Å². The molecule has 1 aliphatic carbocycles. The van der Waals surface area contributed by atoms with Gasteiger partial charge in [0.1, 0.15) is 5.75 Å². The molecule has 2 N–H and O–H groups in total. The molecule has 3 unspecified atom stereocenters. The second-order valence-electron chi connectivity index (χ2n) is 6.13. The number of aliphatic hydroxyl groups excluding tert-OH is 1. The third kappa shape index (κ3) is 4.45. The number of benzene rings is 1. The van der Waals surface area contributed by atoms with Gasteiger partial charge >= 0.3 is 0 Å². The van der Waals surface area contributed by atoms with E-state index in [9.17, 15) is 5.11 Å². The van der Waals surface area contributed by atoms with Gasteiger partial charge in [0.15, 0.2) is 0 Å². The van der Waals surface area contributed by atoms with E-state index in [4.69, 9.17) is 4.74 Å². The highest BCUT2D eigenvalue weighted by atomic mass is 16.5. The van der Waals surface area contributed by atoms with E-state index < -0.39 is 0 Å². The molecule has 3 nitrogen and oxygen atoms in total. The van der Waals surface area contributed by atoms with Crippen LogP contribution in [0.25, 0.3) is 0 Å². The summed E-state index contributed by atoms with van der Waals surface area (Å²) in [6, 6.07) is 8.72. The van der Waals surface area contributed by atoms with Gasteiger partial charge in [0.2, 0.25) is 0 Å². The summed E-state index contributed by atoms with van der Waals surface area (Å²) in [5, 5.41) is 13.2. The largest absolute Gasteiger partial charge is 0.497 e. The van der Waals surface area contributed by atoms with Crippen LogP contribution in [0.2, 0.25) is 0 Å². The van der Waals surface area contributed by atoms with E-state index in [1.165, 1.54) is 31.2 Å². The number of ether oxygens (including phenoxy) is 1. The molecule has 2 rings (SSSR count). The number of methoxy groups -OCH3 is 1. The standard InChI is InChI=1S/C18H29NO2/c1-3-18(14-8-10-17(21-2)11-9-14)19-12-15-6-4-5-7-16(15)13-20/h8-11,15-16,18-20H,3-7,12-13H2,1-2H3. The highest BCUT2D eigenvalue weighted by Gasteiger charge is 2.24. The topological polar surface area (TPSA) is 41.5 Å². The summed E-state index contributed by atoms with van der Waals surface area (Å²) in [5.41, 5.74) is 1.31. The Kier molecular flexibility index (Phi) is 6.52. The van der Waals surface area contributed by atoms with Crippen LogP contribution in [0, 0.1) is 11.8 Å². The van der Waals surface area contributed by atoms with E-state index in [2.05, 4.69) is 24.4 Å². The van der Waals surface area contributed by atoms with Crippen molar-refractivity contribution in [2.75, 3.05) is 20.3 Å². The Morgan fingerprint density at radius 3 is 2.43 bits per heavy atom. The van der Waals surface area contributed by atoms with E-state index >= 15 is 0 Å². The molecule has 3 heteroatoms. The molecule has 21 heavy (non-hydrogen) atoms. The molecule has 1 aliphatic rings. The lowest BCUT2D eigenvalue weighted by Gasteiger charge is -2.32. The number of aliphatic hydroxyl groups is 1. The van der Waals surface area contributed by atoms with Crippen molar-refractivity contribution in [3.8, 4) is 5.75 Å². The van der Waals surface area contributed by atoms with E-state index in [-0.39, 0.29) is 0 Å². The lowest BCUT2D eigenvalue weighted by atomic mass is 9.79. The SMILES string of the molecule is CCC(NCC1CCCCC1CO)c1ccc(OC)cc1. The molecule has 0 aliphatic heterocycles. The Hall–Kier alpha value is -1.06. The maximum atomic E-state index is 9.52. The summed E-state index contributed by atoms with van der Waals surface area (Å²) in [6.45, 7) is 3.56. The number of hydrogen-bond donors (Lipinski definition) is 2. The number of nitrogens with one attached hydrogen (secondary N) is 1. The van der Waals surface area contributed by atoms with Gasteiger partial charge in [-0.05, 0) is 55.3 Å². The summed E-state index contributed by atoms with van der Waals surface area (Å²) < 4.78 is 5.22. The van der Waals surface area contributed by atoms with Crippen molar-refractivity contribution in [1.82, 2.24) is 5.32 Å². The van der Waals surface area contributed by atoms with Crippen LogP contribution in [0.5, 0.6) is 5.75 Å². The Morgan fingerprint density at radius 1 is 1.19 bits per heavy atom. The average Bonchev–Trinajstić information content (AvgIpc) is 2.56. The Bertz CT molecular complexity index is 404. The Labute approximate surface area is 128 Å². The van der Waals surface area contributed by atoms with E-state index in [0.29, 0.717) is 24.5 Å². The van der Waals surface area contributed by atoms with E-state index in [0.717, 1.165) is 18.7 Å². The molecule has 0 aromatic heterocycles. The van der Waals surface area contributed by atoms with Crippen molar-refractivity contribution in [1.29, 1.82) is 0 Å². The minimum Gasteiger partial charge on any atom is -0.497 e. The van der Waals surface area contributed by atoms with E-state index in [1.807, 2.05) is 12.1 Å². The third-order valence-electron chi connectivity index (χ3n) is 4.85. The van der Waals surface area contributed by atoms with Crippen LogP contribution in [-0.2, 0) is 0 Å². The van der Waals surface area contributed by atoms with E-state index in [1.54, 1.807) is 7.11 Å². The van der Waals surface area contributed by atoms with Crippen LogP contribution >= 0.6 is 0 Å². The second kappa shape index (κ2) is 8.40. The lowest BCUT2D eigenvalue weighted by molar-refractivity contribution is 0.131. The quantitative estimate of drug-likeness (QED) is 0.807. The zero-order valence-electron chi connectivity index (χ0n) is 13.3. The third-order valence-corrected chi connectivity index (χ3v) is 4.85. The van der Waals surface area contributed by atoms with Crippen LogP contribution < -0.4 is 10.1 Å². The Morgan fingerprint density at radius 2 is 1.86 bits per heavy atom. The second-order valence-corrected chi connectivity index (χ2v) is 6.13. The first-order valence-electron chi connectivity index (χ1n) is 8.26. The summed E-state index contributed by atoms with van der Waals surface area (Å²) in [6.07, 6.45) is 6.09. The molecule has 118 valence electrons. The number of hydrogen-bond acceptors (Lipinski definition) is 3. The molecule has 1 saturated carbocycles. The maximum Gasteiger partial charge on any atom is 0.118 e. The van der Waals surface area contributed by atoms with Crippen LogP contribution in [0.1, 0.15) is 50.6 Å². The van der Waals surface area contributed by atoms with Crippen LogP contribution in [0.15, 0.2) is 24.3 Å². The molecule has 1 aromatic carbocycles. The first-order chi connectivity index (χ1) is 10.3. The molecule has 0 saturated heterocycles. The molecule has 0 heterocycles. The minimum atomic E-state index is 0.339. The molecule has 0 amide bonds. The summed E-state index contributed by atoms with van der Waals surface area (Å²) in [7, 11) is 1.70. The Balaban J connectivity index is 1.91. The van der Waals surface area contributed by atoms with Crippen LogP contribution in [-0.4, -0.2) is 25.4 Å². The van der Waals surface area contributed by atoms with Crippen molar-refractivity contribution < 1.29 is 9.84 Å². The van der Waals surface area contributed by atoms with Gasteiger partial charge in [-0.1, -0.05) is 31.9 Å². The van der Waals surface area contributed by atoms with Crippen LogP contribution in [0.3, 0.4) is 0 Å². The first kappa shape index (κ1) is 16.3. The smallest absolute Gasteiger partial charge is 0.118 e. The molecule has 3 atom stereocenters. The van der Waals surface area contributed by atoms with Gasteiger partial charge in [-0.25, -0.2) is 0 Å². The van der Waals surface area contributed by atoms with Crippen molar-refractivity contribution in [3.05, 3.63) is 29.8 Å². The fourth-order valence-corrected chi connectivity index (χ4v) is 3.42. The lowest BCUT2D eigenvalue weighted by Crippen LogP contribution is -2.34.